The van der Waals surface area contributed by atoms with E-state index in [1.807, 2.05) is 36.0 Å². The molecule has 0 saturated heterocycles. The first-order chi connectivity index (χ1) is 20.3. The third kappa shape index (κ3) is 4.15. The molecule has 9 nitrogen and oxygen atoms in total. The predicted molar refractivity (Wildman–Crippen MR) is 154 cm³/mol. The molecule has 0 bridgehead atoms. The van der Waals surface area contributed by atoms with Crippen molar-refractivity contribution in [2.75, 3.05) is 19.8 Å². The molecule has 2 atom stereocenters. The van der Waals surface area contributed by atoms with Crippen LogP contribution in [-0.4, -0.2) is 49.4 Å². The van der Waals surface area contributed by atoms with E-state index in [-0.39, 0.29) is 36.6 Å². The van der Waals surface area contributed by atoms with Gasteiger partial charge in [0.2, 0.25) is 0 Å². The van der Waals surface area contributed by atoms with Gasteiger partial charge in [0.25, 0.3) is 0 Å². The van der Waals surface area contributed by atoms with Crippen molar-refractivity contribution in [3.05, 3.63) is 72.3 Å². The molecule has 0 aliphatic carbocycles. The van der Waals surface area contributed by atoms with E-state index in [4.69, 9.17) is 19.2 Å². The first-order valence-electron chi connectivity index (χ1n) is 13.7. The van der Waals surface area contributed by atoms with E-state index < -0.39 is 11.6 Å². The van der Waals surface area contributed by atoms with Gasteiger partial charge in [-0.3, -0.25) is 9.36 Å². The number of furan rings is 1. The Morgan fingerprint density at radius 1 is 1.10 bits per heavy atom. The Morgan fingerprint density at radius 2 is 1.95 bits per heavy atom. The normalized spacial score (nSPS) is 16.8. The van der Waals surface area contributed by atoms with E-state index >= 15 is 4.39 Å². The third-order valence-electron chi connectivity index (χ3n) is 7.84. The van der Waals surface area contributed by atoms with Crippen LogP contribution in [0.5, 0.6) is 5.75 Å². The molecule has 0 amide bonds. The predicted octanol–water partition coefficient (Wildman–Crippen LogP) is 5.79. The summed E-state index contributed by atoms with van der Waals surface area (Å²) in [7, 11) is 1.87. The minimum Gasteiger partial charge on any atom is -0.490 e. The highest BCUT2D eigenvalue weighted by Gasteiger charge is 2.30. The van der Waals surface area contributed by atoms with Gasteiger partial charge < -0.3 is 19.6 Å². The zero-order chi connectivity index (χ0) is 29.1. The van der Waals surface area contributed by atoms with Gasteiger partial charge in [0, 0.05) is 53.7 Å². The molecule has 1 aliphatic heterocycles. The number of nitrogens with zero attached hydrogens (tertiary/aromatic N) is 5. The van der Waals surface area contributed by atoms with E-state index in [0.29, 0.717) is 33.6 Å². The molecule has 5 heterocycles. The Balaban J connectivity index is 1.56. The molecule has 11 heteroatoms. The van der Waals surface area contributed by atoms with Crippen LogP contribution in [0.2, 0.25) is 0 Å². The lowest BCUT2D eigenvalue weighted by molar-refractivity contribution is 0.201. The van der Waals surface area contributed by atoms with Crippen molar-refractivity contribution in [1.29, 1.82) is 0 Å². The van der Waals surface area contributed by atoms with Crippen LogP contribution in [-0.2, 0) is 7.05 Å². The average molecular weight is 571 g/mol. The Morgan fingerprint density at radius 3 is 2.76 bits per heavy atom. The van der Waals surface area contributed by atoms with E-state index in [2.05, 4.69) is 24.3 Å². The van der Waals surface area contributed by atoms with Gasteiger partial charge in [0.15, 0.2) is 5.58 Å². The molecular weight excluding hydrogens is 542 g/mol. The fourth-order valence-electron chi connectivity index (χ4n) is 5.76. The summed E-state index contributed by atoms with van der Waals surface area (Å²) in [4.78, 5) is 5.10. The number of benzene rings is 2. The molecule has 2 N–H and O–H groups in total. The average Bonchev–Trinajstić information content (AvgIpc) is 3.73. The van der Waals surface area contributed by atoms with Crippen LogP contribution in [0.25, 0.3) is 55.6 Å². The molecule has 214 valence electrons. The number of aliphatic hydroxyl groups excluding tert-OH is 1. The molecule has 0 unspecified atom stereocenters. The summed E-state index contributed by atoms with van der Waals surface area (Å²) < 4.78 is 45.7. The molecule has 0 radical (unpaired) electrons. The van der Waals surface area contributed by atoms with Gasteiger partial charge in [-0.15, -0.1) is 0 Å². The number of aryl methyl sites for hydroxylation is 1. The summed E-state index contributed by atoms with van der Waals surface area (Å²) >= 11 is 0. The summed E-state index contributed by atoms with van der Waals surface area (Å²) in [5, 5.41) is 23.7. The van der Waals surface area contributed by atoms with E-state index in [9.17, 15) is 9.50 Å². The summed E-state index contributed by atoms with van der Waals surface area (Å²) in [6.45, 7) is 4.41. The molecule has 0 saturated carbocycles. The van der Waals surface area contributed by atoms with Crippen LogP contribution in [0.3, 0.4) is 0 Å². The maximum atomic E-state index is 15.8. The van der Waals surface area contributed by atoms with Crippen LogP contribution >= 0.6 is 0 Å². The zero-order valence-corrected chi connectivity index (χ0v) is 23.2. The largest absolute Gasteiger partial charge is 0.490 e. The second-order valence-corrected chi connectivity index (χ2v) is 10.6. The molecule has 2 aromatic carbocycles. The van der Waals surface area contributed by atoms with Crippen molar-refractivity contribution in [2.24, 2.45) is 7.05 Å². The van der Waals surface area contributed by atoms with Crippen LogP contribution in [0.15, 0.2) is 59.3 Å². The minimum absolute atomic E-state index is 0.0116. The topological polar surface area (TPSA) is 103 Å². The maximum Gasteiger partial charge on any atom is 0.160 e. The van der Waals surface area contributed by atoms with Gasteiger partial charge >= 0.3 is 0 Å². The van der Waals surface area contributed by atoms with Crippen molar-refractivity contribution < 1.29 is 23.0 Å². The van der Waals surface area contributed by atoms with Gasteiger partial charge in [-0.25, -0.2) is 13.8 Å². The lowest BCUT2D eigenvalue weighted by atomic mass is 9.94. The Bertz CT molecular complexity index is 1950. The third-order valence-corrected chi connectivity index (χ3v) is 7.84. The highest BCUT2D eigenvalue weighted by atomic mass is 19.1. The number of fused-ring (bicyclic) bond motifs is 3. The Kier molecular flexibility index (Phi) is 6.28. The van der Waals surface area contributed by atoms with Crippen LogP contribution in [0.4, 0.5) is 8.78 Å². The number of hydrogen-bond acceptors (Lipinski definition) is 7. The summed E-state index contributed by atoms with van der Waals surface area (Å²) in [5.74, 6) is -1.68. The first-order valence-corrected chi connectivity index (χ1v) is 13.7. The SMILES string of the molecule is C[C@H]1NC[C@H](C)n2nc(-c3nc(-c4ccc5cnn(C)c5c4)c4occc4c3-c3c(F)cc(F)cc3OCCO)cc21. The van der Waals surface area contributed by atoms with Crippen molar-refractivity contribution in [2.45, 2.75) is 25.9 Å². The molecule has 0 spiro atoms. The van der Waals surface area contributed by atoms with Gasteiger partial charge in [0.1, 0.15) is 41.1 Å². The van der Waals surface area contributed by atoms with Gasteiger partial charge in [-0.05, 0) is 32.0 Å². The molecule has 42 heavy (non-hydrogen) atoms. The molecular formula is C31H28F2N6O3. The number of aromatic nitrogens is 5. The van der Waals surface area contributed by atoms with Crippen LogP contribution < -0.4 is 10.1 Å². The molecule has 4 aromatic heterocycles. The van der Waals surface area contributed by atoms with Gasteiger partial charge in [-0.2, -0.15) is 10.2 Å². The number of aliphatic hydroxyl groups is 1. The second-order valence-electron chi connectivity index (χ2n) is 10.6. The maximum absolute atomic E-state index is 15.8. The number of halogens is 2. The molecule has 0 fully saturated rings. The summed E-state index contributed by atoms with van der Waals surface area (Å²) in [5.41, 5.74) is 4.93. The summed E-state index contributed by atoms with van der Waals surface area (Å²) in [6.07, 6.45) is 3.31. The zero-order valence-electron chi connectivity index (χ0n) is 23.2. The molecule has 1 aliphatic rings. The fourth-order valence-corrected chi connectivity index (χ4v) is 5.76. The monoisotopic (exact) mass is 570 g/mol. The Labute approximate surface area is 239 Å². The number of rotatable bonds is 6. The van der Waals surface area contributed by atoms with Crippen LogP contribution in [0, 0.1) is 11.6 Å². The smallest absolute Gasteiger partial charge is 0.160 e. The Hall–Kier alpha value is -4.61. The molecule has 7 rings (SSSR count). The lowest BCUT2D eigenvalue weighted by Gasteiger charge is -2.27. The van der Waals surface area contributed by atoms with Gasteiger partial charge in [0.05, 0.1) is 41.9 Å². The van der Waals surface area contributed by atoms with Gasteiger partial charge in [-0.1, -0.05) is 12.1 Å². The van der Waals surface area contributed by atoms with Crippen LogP contribution in [0.1, 0.15) is 31.6 Å². The van der Waals surface area contributed by atoms with Crippen molar-refractivity contribution in [3.8, 4) is 39.5 Å². The fraction of sp³-hybridized carbons (Fsp3) is 0.258. The van der Waals surface area contributed by atoms with Crippen molar-refractivity contribution in [1.82, 2.24) is 29.9 Å². The van der Waals surface area contributed by atoms with E-state index in [1.165, 1.54) is 6.26 Å². The summed E-state index contributed by atoms with van der Waals surface area (Å²) in [6, 6.07) is 11.6. The number of ether oxygens (including phenoxy) is 1. The van der Waals surface area contributed by atoms with Crippen molar-refractivity contribution >= 4 is 21.9 Å². The quantitative estimate of drug-likeness (QED) is 0.261. The highest BCUT2D eigenvalue weighted by molar-refractivity contribution is 6.07. The highest BCUT2D eigenvalue weighted by Crippen LogP contribution is 2.46. The molecule has 6 aromatic rings. The number of nitrogens with one attached hydrogen (secondary N) is 1. The van der Waals surface area contributed by atoms with E-state index in [0.717, 1.165) is 40.8 Å². The standard InChI is InChI=1S/C31H28F2N6O3/c1-16-14-34-17(2)24-13-23(37-39(16)24)30-27(28-22(33)11-20(32)12-26(28)41-9-7-40)21-6-8-42-31(21)29(36-30)18-4-5-19-15-35-38(3)25(19)10-18/h4-6,8,10-13,15-17,34,40H,7,9,14H2,1-3H3/t16-,17+/m0/s1. The van der Waals surface area contributed by atoms with E-state index in [1.54, 1.807) is 16.9 Å². The number of hydrogen-bond donors (Lipinski definition) is 2. The first kappa shape index (κ1) is 26.3. The van der Waals surface area contributed by atoms with Crippen molar-refractivity contribution in [3.63, 3.8) is 0 Å². The lowest BCUT2D eigenvalue weighted by Crippen LogP contribution is -2.34. The number of pyridine rings is 1. The minimum atomic E-state index is -0.829. The second kappa shape index (κ2) is 10.0.